The Labute approximate surface area is 166 Å². The van der Waals surface area contributed by atoms with Gasteiger partial charge >= 0.3 is 0 Å². The molecule has 1 aliphatic heterocycles. The summed E-state index contributed by atoms with van der Waals surface area (Å²) in [6, 6.07) is 4.49. The highest BCUT2D eigenvalue weighted by atomic mass is 16.5. The first-order valence-electron chi connectivity index (χ1n) is 9.32. The third kappa shape index (κ3) is 4.16. The van der Waals surface area contributed by atoms with Crippen LogP contribution in [0.25, 0.3) is 0 Å². The number of methoxy groups -OCH3 is 2. The molecule has 1 aliphatic carbocycles. The van der Waals surface area contributed by atoms with Gasteiger partial charge in [0.15, 0.2) is 23.4 Å². The smallest absolute Gasteiger partial charge is 0.252 e. The van der Waals surface area contributed by atoms with Gasteiger partial charge in [-0.3, -0.25) is 9.59 Å². The fraction of sp³-hybridized carbons (Fsp3) is 0.474. The Kier molecular flexibility index (Phi) is 5.34. The molecule has 0 unspecified atom stereocenters. The quantitative estimate of drug-likeness (QED) is 0.698. The first-order chi connectivity index (χ1) is 14.1. The van der Waals surface area contributed by atoms with Crippen LogP contribution in [0, 0.1) is 0 Å². The molecule has 2 fully saturated rings. The number of carbonyl (C=O) groups excluding carboxylic acids is 2. The van der Waals surface area contributed by atoms with Crippen molar-refractivity contribution in [2.24, 2.45) is 0 Å². The van der Waals surface area contributed by atoms with E-state index < -0.39 is 12.1 Å². The molecule has 2 amide bonds. The molecule has 4 rings (SSSR count). The summed E-state index contributed by atoms with van der Waals surface area (Å²) in [5, 5.41) is 9.44. The zero-order valence-electron chi connectivity index (χ0n) is 16.1. The van der Waals surface area contributed by atoms with Gasteiger partial charge in [-0.25, -0.2) is 0 Å². The second kappa shape index (κ2) is 8.08. The van der Waals surface area contributed by atoms with Crippen molar-refractivity contribution in [2.45, 2.75) is 37.5 Å². The number of hydrogen-bond acceptors (Lipinski definition) is 8. The van der Waals surface area contributed by atoms with E-state index in [9.17, 15) is 9.59 Å². The van der Waals surface area contributed by atoms with Gasteiger partial charge in [0.1, 0.15) is 6.61 Å². The maximum atomic E-state index is 12.8. The lowest BCUT2D eigenvalue weighted by atomic mass is 9.98. The van der Waals surface area contributed by atoms with Crippen LogP contribution in [0.2, 0.25) is 0 Å². The summed E-state index contributed by atoms with van der Waals surface area (Å²) in [6.07, 6.45) is 1.19. The molecule has 0 spiro atoms. The van der Waals surface area contributed by atoms with Gasteiger partial charge in [-0.2, -0.15) is 4.98 Å². The average molecular weight is 402 g/mol. The molecule has 10 heteroatoms. The van der Waals surface area contributed by atoms with Crippen molar-refractivity contribution in [1.29, 1.82) is 0 Å². The Morgan fingerprint density at radius 2 is 2.07 bits per heavy atom. The Hall–Kier alpha value is -3.14. The van der Waals surface area contributed by atoms with Crippen LogP contribution in [-0.2, 0) is 20.9 Å². The van der Waals surface area contributed by atoms with E-state index in [4.69, 9.17) is 18.7 Å². The van der Waals surface area contributed by atoms with Crippen molar-refractivity contribution in [3.8, 4) is 11.5 Å². The molecule has 1 saturated carbocycles. The molecule has 29 heavy (non-hydrogen) atoms. The average Bonchev–Trinajstić information content (AvgIpc) is 3.49. The molecule has 1 saturated heterocycles. The number of benzene rings is 1. The standard InChI is InChI=1S/C19H22N4O6/c1-26-12-6-5-11(7-13(12)27-2)16-17(28-9-15(24)22-16)18(25)20-8-14-21-19(29-23-14)10-3-4-10/h5-7,10,16-17H,3-4,8-9H2,1-2H3,(H,20,25)(H,22,24)/t16-,17+/m1/s1. The van der Waals surface area contributed by atoms with Gasteiger partial charge in [-0.1, -0.05) is 11.2 Å². The predicted molar refractivity (Wildman–Crippen MR) is 98.3 cm³/mol. The zero-order valence-corrected chi connectivity index (χ0v) is 16.1. The number of amides is 2. The zero-order chi connectivity index (χ0) is 20.4. The summed E-state index contributed by atoms with van der Waals surface area (Å²) in [4.78, 5) is 28.9. The molecule has 2 N–H and O–H groups in total. The van der Waals surface area contributed by atoms with Crippen molar-refractivity contribution in [3.05, 3.63) is 35.5 Å². The van der Waals surface area contributed by atoms with Crippen LogP contribution < -0.4 is 20.1 Å². The number of rotatable bonds is 7. The van der Waals surface area contributed by atoms with E-state index in [0.717, 1.165) is 12.8 Å². The second-order valence-corrected chi connectivity index (χ2v) is 6.93. The van der Waals surface area contributed by atoms with Crippen LogP contribution in [0.4, 0.5) is 0 Å². The minimum Gasteiger partial charge on any atom is -0.493 e. The Morgan fingerprint density at radius 3 is 2.79 bits per heavy atom. The number of ether oxygens (including phenoxy) is 3. The highest BCUT2D eigenvalue weighted by Gasteiger charge is 2.37. The molecule has 10 nitrogen and oxygen atoms in total. The first-order valence-corrected chi connectivity index (χ1v) is 9.32. The molecule has 1 aromatic carbocycles. The second-order valence-electron chi connectivity index (χ2n) is 6.93. The van der Waals surface area contributed by atoms with E-state index in [-0.39, 0.29) is 25.0 Å². The fourth-order valence-corrected chi connectivity index (χ4v) is 3.19. The SMILES string of the molecule is COc1ccc([C@H]2NC(=O)CO[C@@H]2C(=O)NCc2noc(C3CC3)n2)cc1OC. The molecule has 154 valence electrons. The van der Waals surface area contributed by atoms with Gasteiger partial charge in [0.25, 0.3) is 5.91 Å². The van der Waals surface area contributed by atoms with Crippen LogP contribution in [-0.4, -0.2) is 48.9 Å². The maximum absolute atomic E-state index is 12.8. The predicted octanol–water partition coefficient (Wildman–Crippen LogP) is 0.837. The summed E-state index contributed by atoms with van der Waals surface area (Å²) >= 11 is 0. The van der Waals surface area contributed by atoms with Crippen LogP contribution in [0.1, 0.15) is 42.1 Å². The van der Waals surface area contributed by atoms with Crippen LogP contribution in [0.5, 0.6) is 11.5 Å². The molecular formula is C19H22N4O6. The van der Waals surface area contributed by atoms with Crippen LogP contribution >= 0.6 is 0 Å². The monoisotopic (exact) mass is 402 g/mol. The summed E-state index contributed by atoms with van der Waals surface area (Å²) in [7, 11) is 3.05. The van der Waals surface area contributed by atoms with Crippen molar-refractivity contribution in [3.63, 3.8) is 0 Å². The first kappa shape index (κ1) is 19.2. The lowest BCUT2D eigenvalue weighted by Crippen LogP contribution is -2.52. The molecular weight excluding hydrogens is 380 g/mol. The Morgan fingerprint density at radius 1 is 1.28 bits per heavy atom. The van der Waals surface area contributed by atoms with Gasteiger partial charge in [0.2, 0.25) is 11.8 Å². The van der Waals surface area contributed by atoms with Crippen molar-refractivity contribution in [1.82, 2.24) is 20.8 Å². The van der Waals surface area contributed by atoms with Crippen molar-refractivity contribution >= 4 is 11.8 Å². The summed E-state index contributed by atoms with van der Waals surface area (Å²) < 4.78 is 21.3. The van der Waals surface area contributed by atoms with E-state index in [2.05, 4.69) is 20.8 Å². The minimum absolute atomic E-state index is 0.113. The summed E-state index contributed by atoms with van der Waals surface area (Å²) in [5.41, 5.74) is 0.659. The highest BCUT2D eigenvalue weighted by molar-refractivity contribution is 5.86. The lowest BCUT2D eigenvalue weighted by molar-refractivity contribution is -0.148. The maximum Gasteiger partial charge on any atom is 0.252 e. The molecule has 0 radical (unpaired) electrons. The normalized spacial score (nSPS) is 21.4. The van der Waals surface area contributed by atoms with Gasteiger partial charge in [0, 0.05) is 5.92 Å². The topological polar surface area (TPSA) is 125 Å². The van der Waals surface area contributed by atoms with Gasteiger partial charge in [-0.15, -0.1) is 0 Å². The molecule has 0 bridgehead atoms. The summed E-state index contributed by atoms with van der Waals surface area (Å²) in [6.45, 7) is -0.0859. The number of aromatic nitrogens is 2. The van der Waals surface area contributed by atoms with E-state index in [1.165, 1.54) is 14.2 Å². The number of hydrogen-bond donors (Lipinski definition) is 2. The van der Waals surface area contributed by atoms with E-state index in [0.29, 0.717) is 34.7 Å². The molecule has 2 aromatic rings. The van der Waals surface area contributed by atoms with Gasteiger partial charge in [0.05, 0.1) is 26.8 Å². The Balaban J connectivity index is 1.47. The van der Waals surface area contributed by atoms with Crippen molar-refractivity contribution in [2.75, 3.05) is 20.8 Å². The number of nitrogens with one attached hydrogen (secondary N) is 2. The molecule has 2 aliphatic rings. The molecule has 2 atom stereocenters. The van der Waals surface area contributed by atoms with E-state index in [1.54, 1.807) is 18.2 Å². The molecule has 2 heterocycles. The number of carbonyl (C=O) groups is 2. The third-order valence-electron chi connectivity index (χ3n) is 4.87. The molecule has 1 aromatic heterocycles. The Bertz CT molecular complexity index is 910. The number of morpholine rings is 1. The van der Waals surface area contributed by atoms with Crippen molar-refractivity contribution < 1.29 is 28.3 Å². The minimum atomic E-state index is -0.916. The largest absolute Gasteiger partial charge is 0.493 e. The van der Waals surface area contributed by atoms with E-state index >= 15 is 0 Å². The van der Waals surface area contributed by atoms with Gasteiger partial charge < -0.3 is 29.4 Å². The third-order valence-corrected chi connectivity index (χ3v) is 4.87. The van der Waals surface area contributed by atoms with E-state index in [1.807, 2.05) is 0 Å². The van der Waals surface area contributed by atoms with Gasteiger partial charge in [-0.05, 0) is 30.5 Å². The lowest BCUT2D eigenvalue weighted by Gasteiger charge is -2.31. The number of nitrogens with zero attached hydrogens (tertiary/aromatic N) is 2. The van der Waals surface area contributed by atoms with Crippen LogP contribution in [0.3, 0.4) is 0 Å². The summed E-state index contributed by atoms with van der Waals surface area (Å²) in [5.74, 6) is 1.70. The highest BCUT2D eigenvalue weighted by Crippen LogP contribution is 2.38. The van der Waals surface area contributed by atoms with Crippen LogP contribution in [0.15, 0.2) is 22.7 Å². The fourth-order valence-electron chi connectivity index (χ4n) is 3.19.